The number of allylic oxidation sites excluding steroid dienone is 2. The maximum absolute atomic E-state index is 3.63. The smallest absolute Gasteiger partial charge is 0.0254 e. The summed E-state index contributed by atoms with van der Waals surface area (Å²) >= 11 is 0. The molecule has 1 aromatic rings. The number of benzene rings is 1. The minimum Gasteiger partial charge on any atom is -0.0991 e. The highest BCUT2D eigenvalue weighted by Crippen LogP contribution is 2.07. The van der Waals surface area contributed by atoms with Gasteiger partial charge in [0, 0.05) is 0 Å². The van der Waals surface area contributed by atoms with E-state index in [1.807, 2.05) is 6.08 Å². The normalized spacial score (nSPS) is 10.4. The van der Waals surface area contributed by atoms with Gasteiger partial charge in [-0.25, -0.2) is 0 Å². The fourth-order valence-electron chi connectivity index (χ4n) is 1.10. The molecule has 0 nitrogen and oxygen atoms in total. The van der Waals surface area contributed by atoms with E-state index in [1.165, 1.54) is 11.1 Å². The van der Waals surface area contributed by atoms with Crippen molar-refractivity contribution in [1.82, 2.24) is 0 Å². The largest absolute Gasteiger partial charge is 0.0991 e. The Morgan fingerprint density at radius 2 is 2.25 bits per heavy atom. The van der Waals surface area contributed by atoms with Gasteiger partial charge in [0.1, 0.15) is 0 Å². The maximum atomic E-state index is 3.63. The third-order valence-electron chi connectivity index (χ3n) is 1.78. The molecule has 0 aliphatic heterocycles. The Hall–Kier alpha value is -1.30. The van der Waals surface area contributed by atoms with Crippen molar-refractivity contribution in [1.29, 1.82) is 0 Å². The molecule has 0 spiro atoms. The molecule has 0 aliphatic carbocycles. The molecular weight excluding hydrogens is 144 g/mol. The molecule has 0 heterocycles. The summed E-state index contributed by atoms with van der Waals surface area (Å²) in [5.41, 5.74) is 2.62. The van der Waals surface area contributed by atoms with Crippen molar-refractivity contribution in [3.63, 3.8) is 0 Å². The van der Waals surface area contributed by atoms with Crippen LogP contribution in [0.25, 0.3) is 6.08 Å². The Labute approximate surface area is 74.2 Å². The molecule has 0 amide bonds. The van der Waals surface area contributed by atoms with Crippen LogP contribution in [0.3, 0.4) is 0 Å². The summed E-state index contributed by atoms with van der Waals surface area (Å²) in [6, 6.07) is 8.52. The van der Waals surface area contributed by atoms with Gasteiger partial charge in [0.25, 0.3) is 0 Å². The Morgan fingerprint density at radius 3 is 2.92 bits per heavy atom. The fraction of sp³-hybridized carbons (Fsp3) is 0.167. The lowest BCUT2D eigenvalue weighted by Gasteiger charge is -1.97. The summed E-state index contributed by atoms with van der Waals surface area (Å²) in [4.78, 5) is 0. The van der Waals surface area contributed by atoms with Crippen LogP contribution >= 0.6 is 0 Å². The molecule has 0 fully saturated rings. The van der Waals surface area contributed by atoms with E-state index in [2.05, 4.69) is 43.8 Å². The molecular formula is C12H14. The molecule has 0 aromatic heterocycles. The van der Waals surface area contributed by atoms with Crippen LogP contribution in [-0.4, -0.2) is 0 Å². The van der Waals surface area contributed by atoms with Gasteiger partial charge in [0.05, 0.1) is 0 Å². The van der Waals surface area contributed by atoms with Crippen molar-refractivity contribution < 1.29 is 0 Å². The quantitative estimate of drug-likeness (QED) is 0.591. The van der Waals surface area contributed by atoms with Crippen LogP contribution in [-0.2, 0) is 6.42 Å². The molecule has 12 heavy (non-hydrogen) atoms. The molecule has 0 atom stereocenters. The molecule has 0 bridgehead atoms. The van der Waals surface area contributed by atoms with Gasteiger partial charge in [-0.15, -0.1) is 0 Å². The van der Waals surface area contributed by atoms with Gasteiger partial charge >= 0.3 is 0 Å². The highest BCUT2D eigenvalue weighted by atomic mass is 13.9. The third-order valence-corrected chi connectivity index (χ3v) is 1.78. The average Bonchev–Trinajstić information content (AvgIpc) is 2.15. The SMILES string of the molecule is C=CC=Cc1cccc(CC)c1. The predicted molar refractivity (Wildman–Crippen MR) is 55.1 cm³/mol. The Kier molecular flexibility index (Phi) is 3.34. The van der Waals surface area contributed by atoms with Crippen LogP contribution in [0.15, 0.2) is 43.0 Å². The maximum Gasteiger partial charge on any atom is -0.0254 e. The van der Waals surface area contributed by atoms with Gasteiger partial charge in [-0.1, -0.05) is 56.0 Å². The zero-order valence-electron chi connectivity index (χ0n) is 7.46. The first-order valence-corrected chi connectivity index (χ1v) is 4.25. The van der Waals surface area contributed by atoms with Crippen molar-refractivity contribution in [3.05, 3.63) is 54.1 Å². The second kappa shape index (κ2) is 4.55. The van der Waals surface area contributed by atoms with Gasteiger partial charge in [-0.3, -0.25) is 0 Å². The molecule has 0 saturated carbocycles. The van der Waals surface area contributed by atoms with Gasteiger partial charge in [-0.05, 0) is 17.5 Å². The second-order valence-corrected chi connectivity index (χ2v) is 2.69. The summed E-state index contributed by atoms with van der Waals surface area (Å²) < 4.78 is 0. The molecule has 1 aromatic carbocycles. The van der Waals surface area contributed by atoms with Crippen molar-refractivity contribution in [2.75, 3.05) is 0 Å². The Balaban J connectivity index is 2.86. The summed E-state index contributed by atoms with van der Waals surface area (Å²) in [6.45, 7) is 5.79. The number of hydrogen-bond acceptors (Lipinski definition) is 0. The van der Waals surface area contributed by atoms with Crippen LogP contribution in [0, 0.1) is 0 Å². The van der Waals surface area contributed by atoms with E-state index >= 15 is 0 Å². The van der Waals surface area contributed by atoms with Gasteiger partial charge in [-0.2, -0.15) is 0 Å². The van der Waals surface area contributed by atoms with E-state index in [9.17, 15) is 0 Å². The topological polar surface area (TPSA) is 0 Å². The van der Waals surface area contributed by atoms with E-state index in [-0.39, 0.29) is 0 Å². The zero-order chi connectivity index (χ0) is 8.81. The number of rotatable bonds is 3. The summed E-state index contributed by atoms with van der Waals surface area (Å²) in [6.07, 6.45) is 6.90. The molecule has 0 aliphatic rings. The molecule has 0 heteroatoms. The van der Waals surface area contributed by atoms with E-state index in [0.717, 1.165) is 6.42 Å². The predicted octanol–water partition coefficient (Wildman–Crippen LogP) is 3.45. The first kappa shape index (κ1) is 8.79. The molecule has 0 radical (unpaired) electrons. The molecule has 1 rings (SSSR count). The molecule has 0 unspecified atom stereocenters. The van der Waals surface area contributed by atoms with Crippen LogP contribution in [0.2, 0.25) is 0 Å². The first-order chi connectivity index (χ1) is 5.86. The van der Waals surface area contributed by atoms with E-state index < -0.39 is 0 Å². The van der Waals surface area contributed by atoms with E-state index in [1.54, 1.807) is 6.08 Å². The first-order valence-electron chi connectivity index (χ1n) is 4.25. The van der Waals surface area contributed by atoms with Crippen molar-refractivity contribution in [2.45, 2.75) is 13.3 Å². The zero-order valence-corrected chi connectivity index (χ0v) is 7.46. The van der Waals surface area contributed by atoms with Gasteiger partial charge in [0.2, 0.25) is 0 Å². The van der Waals surface area contributed by atoms with E-state index in [0.29, 0.717) is 0 Å². The minimum absolute atomic E-state index is 1.09. The minimum atomic E-state index is 1.09. The van der Waals surface area contributed by atoms with Crippen LogP contribution < -0.4 is 0 Å². The van der Waals surface area contributed by atoms with E-state index in [4.69, 9.17) is 0 Å². The Bertz CT molecular complexity index is 282. The molecule has 62 valence electrons. The van der Waals surface area contributed by atoms with Crippen molar-refractivity contribution >= 4 is 6.08 Å². The van der Waals surface area contributed by atoms with Crippen molar-refractivity contribution in [3.8, 4) is 0 Å². The molecule has 0 N–H and O–H groups in total. The third kappa shape index (κ3) is 2.39. The lowest BCUT2D eigenvalue weighted by Crippen LogP contribution is -1.79. The fourth-order valence-corrected chi connectivity index (χ4v) is 1.10. The van der Waals surface area contributed by atoms with Crippen LogP contribution in [0.4, 0.5) is 0 Å². The summed E-state index contributed by atoms with van der Waals surface area (Å²) in [5.74, 6) is 0. The van der Waals surface area contributed by atoms with Gasteiger partial charge in [0.15, 0.2) is 0 Å². The van der Waals surface area contributed by atoms with Crippen molar-refractivity contribution in [2.24, 2.45) is 0 Å². The number of aryl methyl sites for hydroxylation is 1. The Morgan fingerprint density at radius 1 is 1.42 bits per heavy atom. The molecule has 0 saturated heterocycles. The van der Waals surface area contributed by atoms with Gasteiger partial charge < -0.3 is 0 Å². The van der Waals surface area contributed by atoms with Crippen LogP contribution in [0.5, 0.6) is 0 Å². The summed E-state index contributed by atoms with van der Waals surface area (Å²) in [7, 11) is 0. The monoisotopic (exact) mass is 158 g/mol. The lowest BCUT2D eigenvalue weighted by atomic mass is 10.1. The highest BCUT2D eigenvalue weighted by Gasteiger charge is 1.88. The second-order valence-electron chi connectivity index (χ2n) is 2.69. The standard InChI is InChI=1S/C12H14/c1-3-5-7-12-9-6-8-11(4-2)10-12/h3,5-10H,1,4H2,2H3. The lowest BCUT2D eigenvalue weighted by molar-refractivity contribution is 1.14. The number of hydrogen-bond donors (Lipinski definition) is 0. The summed E-state index contributed by atoms with van der Waals surface area (Å²) in [5, 5.41) is 0. The highest BCUT2D eigenvalue weighted by molar-refractivity contribution is 5.51. The average molecular weight is 158 g/mol. The van der Waals surface area contributed by atoms with Crippen LogP contribution in [0.1, 0.15) is 18.1 Å².